The van der Waals surface area contributed by atoms with Gasteiger partial charge in [-0.15, -0.1) is 0 Å². The van der Waals surface area contributed by atoms with Crippen molar-refractivity contribution in [1.82, 2.24) is 0 Å². The first-order valence-electron chi connectivity index (χ1n) is 6.45. The number of halogens is 2. The molecule has 0 atom stereocenters. The predicted octanol–water partition coefficient (Wildman–Crippen LogP) is 4.33. The molecule has 22 heavy (non-hydrogen) atoms. The monoisotopic (exact) mass is 314 g/mol. The summed E-state index contributed by atoms with van der Waals surface area (Å²) in [7, 11) is 0. The van der Waals surface area contributed by atoms with Crippen LogP contribution in [-0.2, 0) is 4.79 Å². The zero-order valence-electron chi connectivity index (χ0n) is 11.7. The number of aryl methyl sites for hydroxylation is 1. The van der Waals surface area contributed by atoms with Crippen molar-refractivity contribution < 1.29 is 9.18 Å². The number of carbonyl (C=O) groups is 1. The Bertz CT molecular complexity index is 793. The Kier molecular flexibility index (Phi) is 4.92. The molecule has 0 saturated carbocycles. The van der Waals surface area contributed by atoms with E-state index in [0.29, 0.717) is 21.8 Å². The second kappa shape index (κ2) is 6.88. The average Bonchev–Trinajstić information content (AvgIpc) is 2.50. The zero-order chi connectivity index (χ0) is 16.1. The van der Waals surface area contributed by atoms with Gasteiger partial charge < -0.3 is 5.32 Å². The summed E-state index contributed by atoms with van der Waals surface area (Å²) in [5.41, 5.74) is 1.35. The smallest absolute Gasteiger partial charge is 0.266 e. The summed E-state index contributed by atoms with van der Waals surface area (Å²) >= 11 is 5.96. The van der Waals surface area contributed by atoms with E-state index < -0.39 is 5.91 Å². The summed E-state index contributed by atoms with van der Waals surface area (Å²) < 4.78 is 13.2. The Morgan fingerprint density at radius 2 is 2.05 bits per heavy atom. The van der Waals surface area contributed by atoms with Crippen molar-refractivity contribution in [3.8, 4) is 6.07 Å². The minimum atomic E-state index is -0.572. The molecule has 2 aromatic rings. The number of amides is 1. The quantitative estimate of drug-likeness (QED) is 0.677. The molecule has 3 nitrogen and oxygen atoms in total. The summed E-state index contributed by atoms with van der Waals surface area (Å²) in [6.07, 6.45) is 1.40. The largest absolute Gasteiger partial charge is 0.320 e. The lowest BCUT2D eigenvalue weighted by molar-refractivity contribution is -0.112. The van der Waals surface area contributed by atoms with Gasteiger partial charge in [-0.05, 0) is 48.4 Å². The van der Waals surface area contributed by atoms with E-state index in [4.69, 9.17) is 16.9 Å². The first-order chi connectivity index (χ1) is 10.5. The van der Waals surface area contributed by atoms with Crippen LogP contribution in [-0.4, -0.2) is 5.91 Å². The molecule has 2 aromatic carbocycles. The molecule has 0 saturated heterocycles. The maximum atomic E-state index is 13.2. The van der Waals surface area contributed by atoms with E-state index in [1.165, 1.54) is 18.2 Å². The second-order valence-corrected chi connectivity index (χ2v) is 5.02. The van der Waals surface area contributed by atoms with Crippen molar-refractivity contribution in [2.45, 2.75) is 6.92 Å². The van der Waals surface area contributed by atoms with Gasteiger partial charge in [-0.3, -0.25) is 4.79 Å². The maximum Gasteiger partial charge on any atom is 0.266 e. The first-order valence-corrected chi connectivity index (χ1v) is 6.83. The summed E-state index contributed by atoms with van der Waals surface area (Å²) in [6, 6.07) is 12.9. The molecule has 0 fully saturated rings. The summed E-state index contributed by atoms with van der Waals surface area (Å²) in [4.78, 5) is 12.1. The minimum Gasteiger partial charge on any atom is -0.320 e. The number of benzene rings is 2. The van der Waals surface area contributed by atoms with Crippen LogP contribution >= 0.6 is 11.6 Å². The van der Waals surface area contributed by atoms with Crippen LogP contribution in [0.25, 0.3) is 6.08 Å². The van der Waals surface area contributed by atoms with Gasteiger partial charge in [0.25, 0.3) is 5.91 Å². The maximum absolute atomic E-state index is 13.2. The van der Waals surface area contributed by atoms with E-state index in [9.17, 15) is 9.18 Å². The number of carbonyl (C=O) groups excluding carboxylic acids is 1. The van der Waals surface area contributed by atoms with Gasteiger partial charge in [-0.25, -0.2) is 4.39 Å². The zero-order valence-corrected chi connectivity index (χ0v) is 12.5. The molecule has 0 bridgehead atoms. The third kappa shape index (κ3) is 3.72. The fraction of sp³-hybridized carbons (Fsp3) is 0.0588. The number of hydrogen-bond acceptors (Lipinski definition) is 2. The molecule has 5 heteroatoms. The molecule has 0 spiro atoms. The van der Waals surface area contributed by atoms with Crippen molar-refractivity contribution in [2.75, 3.05) is 5.32 Å². The number of anilines is 1. The molecule has 0 aliphatic carbocycles. The van der Waals surface area contributed by atoms with Crippen LogP contribution < -0.4 is 5.32 Å². The average molecular weight is 315 g/mol. The Morgan fingerprint density at radius 3 is 2.68 bits per heavy atom. The number of nitrogens with one attached hydrogen (secondary N) is 1. The molecule has 110 valence electrons. The van der Waals surface area contributed by atoms with Crippen molar-refractivity contribution in [3.05, 3.63) is 70.0 Å². The molecule has 0 aliphatic heterocycles. The van der Waals surface area contributed by atoms with Gasteiger partial charge in [-0.1, -0.05) is 29.8 Å². The van der Waals surface area contributed by atoms with Crippen molar-refractivity contribution >= 4 is 29.3 Å². The lowest BCUT2D eigenvalue weighted by atomic mass is 10.1. The molecule has 0 unspecified atom stereocenters. The van der Waals surface area contributed by atoms with E-state index in [1.54, 1.807) is 37.3 Å². The standard InChI is InChI=1S/C17H12ClFN2O/c1-11-8-12(6-7-15(11)19)9-13(10-20)17(22)21-16-5-3-2-4-14(16)18/h2-9H,1H3,(H,21,22)/b13-9-. The van der Waals surface area contributed by atoms with Crippen LogP contribution in [0.5, 0.6) is 0 Å². The van der Waals surface area contributed by atoms with Crippen LogP contribution in [0, 0.1) is 24.1 Å². The van der Waals surface area contributed by atoms with Gasteiger partial charge in [0.1, 0.15) is 17.5 Å². The molecule has 0 radical (unpaired) electrons. The fourth-order valence-electron chi connectivity index (χ4n) is 1.83. The number of nitrogens with zero attached hydrogens (tertiary/aromatic N) is 1. The molecule has 0 heterocycles. The molecule has 0 aromatic heterocycles. The highest BCUT2D eigenvalue weighted by atomic mass is 35.5. The van der Waals surface area contributed by atoms with Crippen molar-refractivity contribution in [2.24, 2.45) is 0 Å². The SMILES string of the molecule is Cc1cc(/C=C(/C#N)C(=O)Nc2ccccc2Cl)ccc1F. The van der Waals surface area contributed by atoms with E-state index in [2.05, 4.69) is 5.32 Å². The lowest BCUT2D eigenvalue weighted by Crippen LogP contribution is -2.13. The van der Waals surface area contributed by atoms with Gasteiger partial charge in [0.05, 0.1) is 10.7 Å². The van der Waals surface area contributed by atoms with Gasteiger partial charge >= 0.3 is 0 Å². The number of para-hydroxylation sites is 1. The van der Waals surface area contributed by atoms with E-state index in [-0.39, 0.29) is 11.4 Å². The van der Waals surface area contributed by atoms with E-state index in [1.807, 2.05) is 6.07 Å². The van der Waals surface area contributed by atoms with Crippen LogP contribution in [0.1, 0.15) is 11.1 Å². The summed E-state index contributed by atoms with van der Waals surface area (Å²) in [6.45, 7) is 1.61. The Labute approximate surface area is 132 Å². The highest BCUT2D eigenvalue weighted by Crippen LogP contribution is 2.21. The van der Waals surface area contributed by atoms with Gasteiger partial charge in [-0.2, -0.15) is 5.26 Å². The number of rotatable bonds is 3. The predicted molar refractivity (Wildman–Crippen MR) is 84.8 cm³/mol. The minimum absolute atomic E-state index is 0.0917. The molecule has 1 N–H and O–H groups in total. The van der Waals surface area contributed by atoms with E-state index >= 15 is 0 Å². The molecular formula is C17H12ClFN2O. The molecule has 0 aliphatic rings. The van der Waals surface area contributed by atoms with Crippen molar-refractivity contribution in [1.29, 1.82) is 5.26 Å². The van der Waals surface area contributed by atoms with Crippen LogP contribution in [0.3, 0.4) is 0 Å². The van der Waals surface area contributed by atoms with Crippen LogP contribution in [0.15, 0.2) is 48.0 Å². The molecule has 1 amide bonds. The third-order valence-electron chi connectivity index (χ3n) is 2.98. The highest BCUT2D eigenvalue weighted by molar-refractivity contribution is 6.34. The fourth-order valence-corrected chi connectivity index (χ4v) is 2.01. The van der Waals surface area contributed by atoms with E-state index in [0.717, 1.165) is 0 Å². The van der Waals surface area contributed by atoms with Crippen LogP contribution in [0.2, 0.25) is 5.02 Å². The first kappa shape index (κ1) is 15.7. The summed E-state index contributed by atoms with van der Waals surface area (Å²) in [5.74, 6) is -0.909. The Balaban J connectivity index is 2.26. The summed E-state index contributed by atoms with van der Waals surface area (Å²) in [5, 5.41) is 12.1. The van der Waals surface area contributed by atoms with Crippen molar-refractivity contribution in [3.63, 3.8) is 0 Å². The highest BCUT2D eigenvalue weighted by Gasteiger charge is 2.11. The van der Waals surface area contributed by atoms with Gasteiger partial charge in [0.15, 0.2) is 0 Å². The van der Waals surface area contributed by atoms with Gasteiger partial charge in [0.2, 0.25) is 0 Å². The number of hydrogen-bond donors (Lipinski definition) is 1. The third-order valence-corrected chi connectivity index (χ3v) is 3.31. The number of nitriles is 1. The Hall–Kier alpha value is -2.64. The second-order valence-electron chi connectivity index (χ2n) is 4.61. The topological polar surface area (TPSA) is 52.9 Å². The normalized spacial score (nSPS) is 10.9. The molecule has 2 rings (SSSR count). The Morgan fingerprint density at radius 1 is 1.32 bits per heavy atom. The van der Waals surface area contributed by atoms with Gasteiger partial charge in [0, 0.05) is 0 Å². The lowest BCUT2D eigenvalue weighted by Gasteiger charge is -2.06. The molecular weight excluding hydrogens is 303 g/mol. The van der Waals surface area contributed by atoms with Crippen LogP contribution in [0.4, 0.5) is 10.1 Å².